The van der Waals surface area contributed by atoms with Gasteiger partial charge in [-0.2, -0.15) is 0 Å². The topological polar surface area (TPSA) is 63.2 Å². The normalized spacial score (nSPS) is 11.7. The molecule has 0 aromatic rings. The fraction of sp³-hybridized carbons (Fsp3) is 0.985. The highest BCUT2D eigenvalue weighted by atomic mass is 16.6. The number of carbonyl (C=O) groups is 1. The summed E-state index contributed by atoms with van der Waals surface area (Å²) < 4.78 is 2.77. The first-order valence-electron chi connectivity index (χ1n) is 32.8. The number of carboxylic acid groups (broad SMARTS) is 2. The largest absolute Gasteiger partial charge is 0.652 e. The molecule has 0 fully saturated rings. The highest BCUT2D eigenvalue weighted by molar-refractivity contribution is 5.47. The Kier molecular flexibility index (Phi) is 65.6. The summed E-state index contributed by atoms with van der Waals surface area (Å²) in [6.07, 6.45) is 67.8. The van der Waals surface area contributed by atoms with Gasteiger partial charge in [0.1, 0.15) is 0 Å². The van der Waals surface area contributed by atoms with Crippen LogP contribution in [0.15, 0.2) is 0 Å². The van der Waals surface area contributed by atoms with E-state index >= 15 is 0 Å². The third-order valence-corrected chi connectivity index (χ3v) is 16.6. The molecule has 0 spiro atoms. The molecule has 0 bridgehead atoms. The third kappa shape index (κ3) is 58.1. The molecule has 424 valence electrons. The summed E-state index contributed by atoms with van der Waals surface area (Å²) in [4.78, 5) is 8.33. The maximum Gasteiger partial charge on any atom is 0.0786 e. The summed E-state index contributed by atoms with van der Waals surface area (Å²) in [6, 6.07) is 0. The maximum absolute atomic E-state index is 8.33. The second kappa shape index (κ2) is 62.5. The van der Waals surface area contributed by atoms with Gasteiger partial charge in [-0.15, -0.1) is 0 Å². The molecular formula is C65H136N2O3. The zero-order valence-electron chi connectivity index (χ0n) is 50.2. The van der Waals surface area contributed by atoms with Gasteiger partial charge in [-0.25, -0.2) is 0 Å². The van der Waals surface area contributed by atoms with E-state index in [1.54, 1.807) is 0 Å². The Morgan fingerprint density at radius 3 is 0.414 bits per heavy atom. The minimum Gasteiger partial charge on any atom is -0.652 e. The van der Waals surface area contributed by atoms with E-state index in [9.17, 15) is 0 Å². The van der Waals surface area contributed by atoms with Crippen molar-refractivity contribution in [1.29, 1.82) is 0 Å². The summed E-state index contributed by atoms with van der Waals surface area (Å²) in [5.74, 6) is 0. The van der Waals surface area contributed by atoms with E-state index in [1.165, 1.54) is 370 Å². The van der Waals surface area contributed by atoms with Crippen LogP contribution in [0.2, 0.25) is 0 Å². The molecule has 0 aromatic heterocycles. The van der Waals surface area contributed by atoms with Crippen LogP contribution in [-0.2, 0) is 0 Å². The van der Waals surface area contributed by atoms with Crippen molar-refractivity contribution >= 4 is 6.16 Å². The van der Waals surface area contributed by atoms with E-state index in [0.717, 1.165) is 0 Å². The standard InChI is InChI=1S/2C32H68N.CH2O3/c2*1-5-9-11-13-15-17-19-21-23-25-27-29-31-33(7-3,8-4)32-30-28-26-24-22-20-18-16-14-12-10-6-2;2-1(3)4/h2*5-32H2,1-4H3;(H2,2,3,4)/q2*+1;/p-2. The van der Waals surface area contributed by atoms with Crippen LogP contribution in [0.3, 0.4) is 0 Å². The predicted molar refractivity (Wildman–Crippen MR) is 312 cm³/mol. The van der Waals surface area contributed by atoms with E-state index in [2.05, 4.69) is 55.4 Å². The first kappa shape index (κ1) is 73.4. The van der Waals surface area contributed by atoms with Crippen molar-refractivity contribution in [1.82, 2.24) is 0 Å². The maximum atomic E-state index is 8.33. The van der Waals surface area contributed by atoms with Crippen LogP contribution >= 0.6 is 0 Å². The van der Waals surface area contributed by atoms with E-state index in [4.69, 9.17) is 15.0 Å². The molecule has 5 nitrogen and oxygen atoms in total. The Morgan fingerprint density at radius 2 is 0.314 bits per heavy atom. The zero-order valence-corrected chi connectivity index (χ0v) is 50.2. The second-order valence-electron chi connectivity index (χ2n) is 22.6. The molecule has 70 heavy (non-hydrogen) atoms. The Labute approximate surface area is 444 Å². The van der Waals surface area contributed by atoms with Crippen LogP contribution < -0.4 is 10.2 Å². The summed E-state index contributed by atoms with van der Waals surface area (Å²) in [5, 5.41) is 16.7. The lowest BCUT2D eigenvalue weighted by molar-refractivity contribution is -0.925. The molecule has 0 amide bonds. The van der Waals surface area contributed by atoms with Gasteiger partial charge in [0, 0.05) is 0 Å². The van der Waals surface area contributed by atoms with Gasteiger partial charge < -0.3 is 24.0 Å². The monoisotopic (exact) mass is 993 g/mol. The number of carbonyl (C=O) groups excluding carboxylic acids is 1. The average molecular weight is 994 g/mol. The summed E-state index contributed by atoms with van der Waals surface area (Å²) in [6.45, 7) is 30.1. The molecule has 0 heterocycles. The van der Waals surface area contributed by atoms with Gasteiger partial charge in [0.2, 0.25) is 0 Å². The lowest BCUT2D eigenvalue weighted by atomic mass is 10.0. The number of quaternary nitrogens is 2. The molecular weight excluding hydrogens is 857 g/mol. The van der Waals surface area contributed by atoms with Gasteiger partial charge in [-0.1, -0.05) is 285 Å². The van der Waals surface area contributed by atoms with Crippen LogP contribution in [0, 0.1) is 0 Å². The fourth-order valence-corrected chi connectivity index (χ4v) is 11.1. The molecule has 0 saturated heterocycles. The number of rotatable bonds is 56. The summed E-state index contributed by atoms with van der Waals surface area (Å²) in [5.41, 5.74) is 0. The Bertz CT molecular complexity index is 802. The van der Waals surface area contributed by atoms with Crippen molar-refractivity contribution in [3.05, 3.63) is 0 Å². The molecule has 0 aliphatic carbocycles. The Hall–Kier alpha value is -0.810. The van der Waals surface area contributed by atoms with E-state index in [0.29, 0.717) is 0 Å². The second-order valence-corrected chi connectivity index (χ2v) is 22.6. The van der Waals surface area contributed by atoms with Crippen LogP contribution in [-0.4, -0.2) is 67.5 Å². The van der Waals surface area contributed by atoms with Crippen molar-refractivity contribution in [3.8, 4) is 0 Å². The van der Waals surface area contributed by atoms with E-state index < -0.39 is 6.16 Å². The minimum absolute atomic E-state index is 1.34. The van der Waals surface area contributed by atoms with Gasteiger partial charge in [-0.05, 0) is 85.2 Å². The SMILES string of the molecule is CCCCCCCCCCCCCC[N+](CC)(CC)CCCCCCCCCCCCCC.CCCCCCCCCCCCCC[N+](CC)(CC)CCCCCCCCCCCCCC.O=C([O-])[O-]. The number of nitrogens with zero attached hydrogens (tertiary/aromatic N) is 2. The molecule has 0 rings (SSSR count). The lowest BCUT2D eigenvalue weighted by Gasteiger charge is -2.37. The van der Waals surface area contributed by atoms with Gasteiger partial charge in [-0.3, -0.25) is 0 Å². The first-order chi connectivity index (χ1) is 34.2. The van der Waals surface area contributed by atoms with E-state index in [-0.39, 0.29) is 0 Å². The molecule has 0 unspecified atom stereocenters. The molecule has 0 radical (unpaired) electrons. The Morgan fingerprint density at radius 1 is 0.214 bits per heavy atom. The molecule has 0 N–H and O–H groups in total. The van der Waals surface area contributed by atoms with Crippen molar-refractivity contribution in [2.75, 3.05) is 52.4 Å². The van der Waals surface area contributed by atoms with Crippen molar-refractivity contribution in [2.45, 2.75) is 364 Å². The molecule has 0 aliphatic heterocycles. The van der Waals surface area contributed by atoms with Crippen LogP contribution in [0.1, 0.15) is 364 Å². The summed E-state index contributed by atoms with van der Waals surface area (Å²) in [7, 11) is 0. The van der Waals surface area contributed by atoms with Crippen molar-refractivity contribution in [3.63, 3.8) is 0 Å². The van der Waals surface area contributed by atoms with Crippen LogP contribution in [0.5, 0.6) is 0 Å². The third-order valence-electron chi connectivity index (χ3n) is 16.6. The summed E-state index contributed by atoms with van der Waals surface area (Å²) >= 11 is 0. The van der Waals surface area contributed by atoms with Crippen molar-refractivity contribution < 1.29 is 24.0 Å². The quantitative estimate of drug-likeness (QED) is 0.0451. The van der Waals surface area contributed by atoms with E-state index in [1.807, 2.05) is 0 Å². The van der Waals surface area contributed by atoms with Gasteiger partial charge >= 0.3 is 0 Å². The van der Waals surface area contributed by atoms with Crippen LogP contribution in [0.4, 0.5) is 4.79 Å². The first-order valence-corrected chi connectivity index (χ1v) is 32.8. The molecule has 0 aliphatic rings. The van der Waals surface area contributed by atoms with Gasteiger partial charge in [0.15, 0.2) is 0 Å². The number of hydrogen-bond acceptors (Lipinski definition) is 3. The van der Waals surface area contributed by atoms with Crippen LogP contribution in [0.25, 0.3) is 0 Å². The molecule has 0 atom stereocenters. The minimum atomic E-state index is -2.33. The lowest BCUT2D eigenvalue weighted by Crippen LogP contribution is -2.49. The highest BCUT2D eigenvalue weighted by Crippen LogP contribution is 2.20. The van der Waals surface area contributed by atoms with Crippen molar-refractivity contribution in [2.24, 2.45) is 0 Å². The molecule has 0 aromatic carbocycles. The fourth-order valence-electron chi connectivity index (χ4n) is 11.1. The highest BCUT2D eigenvalue weighted by Gasteiger charge is 2.23. The number of hydrogen-bond donors (Lipinski definition) is 0. The van der Waals surface area contributed by atoms with Gasteiger partial charge in [0.05, 0.1) is 52.4 Å². The van der Waals surface area contributed by atoms with Gasteiger partial charge in [0.25, 0.3) is 0 Å². The average Bonchev–Trinajstić information content (AvgIpc) is 3.36. The Balaban J connectivity index is -0.00000119. The smallest absolute Gasteiger partial charge is 0.0786 e. The number of unbranched alkanes of at least 4 members (excludes halogenated alkanes) is 44. The molecule has 0 saturated carbocycles. The zero-order chi connectivity index (χ0) is 52.2. The molecule has 5 heteroatoms. The predicted octanol–water partition coefficient (Wildman–Crippen LogP) is 20.0.